The molecule has 0 aliphatic rings. The lowest BCUT2D eigenvalue weighted by Crippen LogP contribution is -2.13. The molecule has 0 radical (unpaired) electrons. The molecule has 19 heavy (non-hydrogen) atoms. The quantitative estimate of drug-likeness (QED) is 0.669. The molecular weight excluding hydrogens is 309 g/mol. The van der Waals surface area contributed by atoms with Gasteiger partial charge in [-0.2, -0.15) is 0 Å². The van der Waals surface area contributed by atoms with Gasteiger partial charge in [-0.1, -0.05) is 6.07 Å². The molecule has 0 fully saturated rings. The lowest BCUT2D eigenvalue weighted by molar-refractivity contribution is 0.628. The number of benzene rings is 2. The topological polar surface area (TPSA) is 53.1 Å². The highest BCUT2D eigenvalue weighted by molar-refractivity contribution is 9.10. The van der Waals surface area contributed by atoms with Crippen molar-refractivity contribution in [2.24, 2.45) is 5.73 Å². The lowest BCUT2D eigenvalue weighted by atomic mass is 10.1. The minimum Gasteiger partial charge on any atom is -0.384 e. The van der Waals surface area contributed by atoms with Gasteiger partial charge in [-0.15, -0.1) is 0 Å². The Morgan fingerprint density at radius 3 is 2.58 bits per heavy atom. The third-order valence-electron chi connectivity index (χ3n) is 2.82. The summed E-state index contributed by atoms with van der Waals surface area (Å²) < 4.78 is 14.0. The van der Waals surface area contributed by atoms with Crippen LogP contribution in [0.2, 0.25) is 0 Å². The molecule has 2 aromatic rings. The van der Waals surface area contributed by atoms with Crippen LogP contribution in [0.25, 0.3) is 0 Å². The van der Waals surface area contributed by atoms with E-state index in [1.54, 1.807) is 18.2 Å². The maximum absolute atomic E-state index is 13.2. The predicted molar refractivity (Wildman–Crippen MR) is 79.6 cm³/mol. The molecule has 5 heteroatoms. The van der Waals surface area contributed by atoms with Crippen molar-refractivity contribution in [1.82, 2.24) is 0 Å². The zero-order chi connectivity index (χ0) is 14.0. The van der Waals surface area contributed by atoms with Crippen LogP contribution in [-0.2, 0) is 0 Å². The highest BCUT2D eigenvalue weighted by atomic mass is 79.9. The van der Waals surface area contributed by atoms with E-state index in [4.69, 9.17) is 11.1 Å². The first kappa shape index (κ1) is 13.5. The second-order valence-electron chi connectivity index (χ2n) is 4.12. The van der Waals surface area contributed by atoms with Crippen LogP contribution in [0, 0.1) is 11.2 Å². The van der Waals surface area contributed by atoms with Crippen LogP contribution in [0.5, 0.6) is 0 Å². The van der Waals surface area contributed by atoms with Gasteiger partial charge in [-0.05, 0) is 52.3 Å². The lowest BCUT2D eigenvalue weighted by Gasteiger charge is -2.21. The Balaban J connectivity index is 2.39. The maximum atomic E-state index is 13.2. The molecule has 0 aliphatic carbocycles. The summed E-state index contributed by atoms with van der Waals surface area (Å²) in [6, 6.07) is 11.7. The molecule has 0 unspecified atom stereocenters. The van der Waals surface area contributed by atoms with Gasteiger partial charge in [0.05, 0.1) is 5.69 Å². The molecular formula is C14H13BrFN3. The summed E-state index contributed by atoms with van der Waals surface area (Å²) in [4.78, 5) is 1.86. The van der Waals surface area contributed by atoms with Gasteiger partial charge in [0, 0.05) is 22.8 Å². The van der Waals surface area contributed by atoms with E-state index in [-0.39, 0.29) is 11.7 Å². The van der Waals surface area contributed by atoms with Gasteiger partial charge in [0.2, 0.25) is 0 Å². The molecule has 3 N–H and O–H groups in total. The summed E-state index contributed by atoms with van der Waals surface area (Å²) in [5.41, 5.74) is 7.70. The summed E-state index contributed by atoms with van der Waals surface area (Å²) in [7, 11) is 1.85. The molecule has 0 heterocycles. The van der Waals surface area contributed by atoms with Crippen LogP contribution < -0.4 is 10.6 Å². The Morgan fingerprint density at radius 2 is 2.00 bits per heavy atom. The zero-order valence-electron chi connectivity index (χ0n) is 10.3. The van der Waals surface area contributed by atoms with Crippen LogP contribution in [0.15, 0.2) is 46.9 Å². The Hall–Kier alpha value is -1.88. The largest absolute Gasteiger partial charge is 0.384 e. The summed E-state index contributed by atoms with van der Waals surface area (Å²) in [6.07, 6.45) is 0. The van der Waals surface area contributed by atoms with E-state index in [1.165, 1.54) is 12.1 Å². The molecule has 3 nitrogen and oxygen atoms in total. The molecule has 0 spiro atoms. The van der Waals surface area contributed by atoms with Crippen molar-refractivity contribution in [2.75, 3.05) is 11.9 Å². The summed E-state index contributed by atoms with van der Waals surface area (Å²) in [5, 5.41) is 7.40. The minimum atomic E-state index is -0.277. The molecule has 0 saturated heterocycles. The van der Waals surface area contributed by atoms with Crippen LogP contribution >= 0.6 is 15.9 Å². The smallest absolute Gasteiger partial charge is 0.125 e. The number of amidine groups is 1. The van der Waals surface area contributed by atoms with Gasteiger partial charge in [-0.3, -0.25) is 5.41 Å². The highest BCUT2D eigenvalue weighted by Gasteiger charge is 2.10. The maximum Gasteiger partial charge on any atom is 0.125 e. The molecule has 0 aromatic heterocycles. The number of halogens is 2. The number of rotatable bonds is 3. The zero-order valence-corrected chi connectivity index (χ0v) is 11.9. The van der Waals surface area contributed by atoms with E-state index < -0.39 is 0 Å². The van der Waals surface area contributed by atoms with Crippen LogP contribution in [0.3, 0.4) is 0 Å². The van der Waals surface area contributed by atoms with Gasteiger partial charge in [0.25, 0.3) is 0 Å². The van der Waals surface area contributed by atoms with Crippen molar-refractivity contribution in [1.29, 1.82) is 5.41 Å². The van der Waals surface area contributed by atoms with Gasteiger partial charge >= 0.3 is 0 Å². The van der Waals surface area contributed by atoms with Crippen molar-refractivity contribution in [2.45, 2.75) is 0 Å². The molecule has 0 atom stereocenters. The average Bonchev–Trinajstić information content (AvgIpc) is 2.37. The number of anilines is 2. The molecule has 2 aromatic carbocycles. The predicted octanol–water partition coefficient (Wildman–Crippen LogP) is 3.64. The normalized spacial score (nSPS) is 10.3. The average molecular weight is 322 g/mol. The molecule has 0 aliphatic heterocycles. The van der Waals surface area contributed by atoms with Gasteiger partial charge in [-0.25, -0.2) is 4.39 Å². The molecule has 0 bridgehead atoms. The van der Waals surface area contributed by atoms with Crippen LogP contribution in [-0.4, -0.2) is 12.9 Å². The number of nitrogens with two attached hydrogens (primary N) is 1. The fraction of sp³-hybridized carbons (Fsp3) is 0.0714. The molecule has 2 rings (SSSR count). The SMILES string of the molecule is CN(c1cccc(F)c1)c1ccc(C(=N)N)cc1Br. The van der Waals surface area contributed by atoms with E-state index in [0.29, 0.717) is 5.56 Å². The second kappa shape index (κ2) is 5.40. The van der Waals surface area contributed by atoms with Gasteiger partial charge in [0.1, 0.15) is 11.7 Å². The van der Waals surface area contributed by atoms with Gasteiger partial charge < -0.3 is 10.6 Å². The summed E-state index contributed by atoms with van der Waals surface area (Å²) in [5.74, 6) is -0.263. The fourth-order valence-electron chi connectivity index (χ4n) is 1.77. The van der Waals surface area contributed by atoms with E-state index in [9.17, 15) is 4.39 Å². The Kier molecular flexibility index (Phi) is 3.85. The number of nitrogen functional groups attached to an aromatic ring is 1. The van der Waals surface area contributed by atoms with E-state index >= 15 is 0 Å². The standard InChI is InChI=1S/C14H13BrFN3/c1-19(11-4-2-3-10(16)8-11)13-6-5-9(14(17)18)7-12(13)15/h2-8H,1H3,(H3,17,18). The Bertz CT molecular complexity index is 628. The number of nitrogens with zero attached hydrogens (tertiary/aromatic N) is 1. The van der Waals surface area contributed by atoms with Crippen LogP contribution in [0.4, 0.5) is 15.8 Å². The number of hydrogen-bond acceptors (Lipinski definition) is 2. The highest BCUT2D eigenvalue weighted by Crippen LogP contribution is 2.31. The first-order valence-corrected chi connectivity index (χ1v) is 6.41. The first-order chi connectivity index (χ1) is 8.99. The Morgan fingerprint density at radius 1 is 1.26 bits per heavy atom. The van der Waals surface area contributed by atoms with Gasteiger partial charge in [0.15, 0.2) is 0 Å². The fourth-order valence-corrected chi connectivity index (χ4v) is 2.42. The number of nitrogens with one attached hydrogen (secondary N) is 1. The molecule has 0 saturated carbocycles. The van der Waals surface area contributed by atoms with Crippen molar-refractivity contribution < 1.29 is 4.39 Å². The molecule has 98 valence electrons. The number of hydrogen-bond donors (Lipinski definition) is 2. The van der Waals surface area contributed by atoms with Crippen molar-refractivity contribution >= 4 is 33.1 Å². The van der Waals surface area contributed by atoms with Crippen molar-refractivity contribution in [3.8, 4) is 0 Å². The first-order valence-electron chi connectivity index (χ1n) is 5.62. The molecule has 0 amide bonds. The second-order valence-corrected chi connectivity index (χ2v) is 4.97. The van der Waals surface area contributed by atoms with Crippen LogP contribution in [0.1, 0.15) is 5.56 Å². The van der Waals surface area contributed by atoms with E-state index in [2.05, 4.69) is 15.9 Å². The third-order valence-corrected chi connectivity index (χ3v) is 3.45. The van der Waals surface area contributed by atoms with E-state index in [0.717, 1.165) is 15.8 Å². The third kappa shape index (κ3) is 2.93. The Labute approximate surface area is 119 Å². The monoisotopic (exact) mass is 321 g/mol. The van der Waals surface area contributed by atoms with E-state index in [1.807, 2.05) is 24.1 Å². The van der Waals surface area contributed by atoms with Crippen molar-refractivity contribution in [3.05, 3.63) is 58.3 Å². The van der Waals surface area contributed by atoms with Crippen molar-refractivity contribution in [3.63, 3.8) is 0 Å². The minimum absolute atomic E-state index is 0.0145. The summed E-state index contributed by atoms with van der Waals surface area (Å²) >= 11 is 3.44. The summed E-state index contributed by atoms with van der Waals surface area (Å²) in [6.45, 7) is 0.